The van der Waals surface area contributed by atoms with E-state index < -0.39 is 10.1 Å². The Morgan fingerprint density at radius 2 is 1.19 bits per heavy atom. The van der Waals surface area contributed by atoms with Crippen molar-refractivity contribution in [3.05, 3.63) is 0 Å². The molecule has 0 fully saturated rings. The fourth-order valence-electron chi connectivity index (χ4n) is 1.89. The minimum atomic E-state index is -3.67. The first-order valence-corrected chi connectivity index (χ1v) is 9.74. The van der Waals surface area contributed by atoms with Crippen LogP contribution in [0.4, 0.5) is 0 Å². The van der Waals surface area contributed by atoms with Gasteiger partial charge in [0.15, 0.2) is 0 Å². The van der Waals surface area contributed by atoms with Crippen LogP contribution in [0.1, 0.15) is 85.9 Å². The molecule has 0 atom stereocenters. The van der Waals surface area contributed by atoms with Gasteiger partial charge in [0.1, 0.15) is 0 Å². The minimum Gasteiger partial charge on any atom is -1.00 e. The number of hydrogen-bond donors (Lipinski definition) is 2. The molecule has 0 aromatic carbocycles. The van der Waals surface area contributed by atoms with Gasteiger partial charge < -0.3 is 7.16 Å². The molecule has 0 aromatic heterocycles. The third-order valence-electron chi connectivity index (χ3n) is 3.02. The van der Waals surface area contributed by atoms with Crippen molar-refractivity contribution in [2.24, 2.45) is 5.73 Å². The summed E-state index contributed by atoms with van der Waals surface area (Å²) in [5.74, 6) is -0.132. The third kappa shape index (κ3) is 33.6. The van der Waals surface area contributed by atoms with Gasteiger partial charge in [-0.3, -0.25) is 4.55 Å². The Morgan fingerprint density at radius 3 is 1.43 bits per heavy atom. The van der Waals surface area contributed by atoms with Gasteiger partial charge in [-0.05, 0) is 19.4 Å². The summed E-state index contributed by atoms with van der Waals surface area (Å²) in [5.41, 5.74) is 5.42. The van der Waals surface area contributed by atoms with Crippen molar-refractivity contribution in [3.8, 4) is 0 Å². The molecule has 0 aliphatic heterocycles. The summed E-state index contributed by atoms with van der Waals surface area (Å²) in [6.45, 7) is 4.83. The third-order valence-corrected chi connectivity index (χ3v) is 3.94. The number of nitrogens with two attached hydrogens (primary N) is 1. The first-order chi connectivity index (χ1) is 9.47. The monoisotopic (exact) mass is 333 g/mol. The molecule has 3 N–H and O–H groups in total. The Bertz CT molecular complexity index is 268. The van der Waals surface area contributed by atoms with Crippen molar-refractivity contribution in [1.29, 1.82) is 0 Å². The van der Waals surface area contributed by atoms with Crippen LogP contribution in [0.3, 0.4) is 0 Å². The van der Waals surface area contributed by atoms with Gasteiger partial charge in [0.25, 0.3) is 10.1 Å². The van der Waals surface area contributed by atoms with E-state index in [1.807, 2.05) is 0 Å². The summed E-state index contributed by atoms with van der Waals surface area (Å²) < 4.78 is 27.6. The zero-order chi connectivity index (χ0) is 15.7. The van der Waals surface area contributed by atoms with Crippen LogP contribution in [-0.4, -0.2) is 25.3 Å². The Morgan fingerprint density at radius 1 is 0.810 bits per heavy atom. The van der Waals surface area contributed by atoms with E-state index in [2.05, 4.69) is 6.92 Å². The maximum absolute atomic E-state index is 9.79. The number of rotatable bonds is 12. The van der Waals surface area contributed by atoms with E-state index in [9.17, 15) is 8.42 Å². The first kappa shape index (κ1) is 26.8. The van der Waals surface area contributed by atoms with Crippen LogP contribution in [0.15, 0.2) is 0 Å². The molecule has 0 heterocycles. The molecule has 0 radical (unpaired) electrons. The molecule has 0 unspecified atom stereocenters. The Hall–Kier alpha value is 0.870. The van der Waals surface area contributed by atoms with E-state index in [4.69, 9.17) is 10.3 Å². The SMILES string of the molecule is CCCCCCCCCCCCN.CCCS(=O)(=O)O.[H-].[Na+]. The number of unbranched alkanes of at least 4 members (excludes halogenated alkanes) is 9. The van der Waals surface area contributed by atoms with E-state index in [1.165, 1.54) is 64.2 Å². The molecular weight excluding hydrogens is 297 g/mol. The molecule has 0 saturated heterocycles. The van der Waals surface area contributed by atoms with Gasteiger partial charge in [0.2, 0.25) is 0 Å². The number of hydrogen-bond acceptors (Lipinski definition) is 3. The Balaban J connectivity index is -0.000000156. The molecule has 0 rings (SSSR count). The second kappa shape index (κ2) is 20.9. The Labute approximate surface area is 156 Å². The maximum atomic E-state index is 9.79. The average molecular weight is 334 g/mol. The molecule has 0 aliphatic carbocycles. The molecule has 0 amide bonds. The smallest absolute Gasteiger partial charge is 1.00 e. The minimum absolute atomic E-state index is 0. The summed E-state index contributed by atoms with van der Waals surface area (Å²) in [7, 11) is -3.67. The summed E-state index contributed by atoms with van der Waals surface area (Å²) in [5, 5.41) is 0. The summed E-state index contributed by atoms with van der Waals surface area (Å²) in [6.07, 6.45) is 14.4. The summed E-state index contributed by atoms with van der Waals surface area (Å²) in [4.78, 5) is 0. The van der Waals surface area contributed by atoms with E-state index >= 15 is 0 Å². The molecule has 4 nitrogen and oxygen atoms in total. The largest absolute Gasteiger partial charge is 1.00 e. The van der Waals surface area contributed by atoms with Gasteiger partial charge in [-0.1, -0.05) is 71.6 Å². The fraction of sp³-hybridized carbons (Fsp3) is 1.00. The van der Waals surface area contributed by atoms with E-state index in [1.54, 1.807) is 6.92 Å². The van der Waals surface area contributed by atoms with Gasteiger partial charge >= 0.3 is 29.6 Å². The normalized spacial score (nSPS) is 10.5. The van der Waals surface area contributed by atoms with Gasteiger partial charge in [0.05, 0.1) is 5.75 Å². The second-order valence-corrected chi connectivity index (χ2v) is 6.83. The summed E-state index contributed by atoms with van der Waals surface area (Å²) in [6, 6.07) is 0. The molecule has 0 bridgehead atoms. The van der Waals surface area contributed by atoms with E-state index in [0.717, 1.165) is 6.54 Å². The van der Waals surface area contributed by atoms with Gasteiger partial charge in [-0.15, -0.1) is 0 Å². The molecule has 126 valence electrons. The van der Waals surface area contributed by atoms with Crippen molar-refractivity contribution in [2.75, 3.05) is 12.3 Å². The first-order valence-electron chi connectivity index (χ1n) is 8.13. The van der Waals surface area contributed by atoms with Crippen LogP contribution in [0.25, 0.3) is 0 Å². The van der Waals surface area contributed by atoms with Crippen molar-refractivity contribution >= 4 is 10.1 Å². The fourth-order valence-corrected chi connectivity index (χ4v) is 2.41. The van der Waals surface area contributed by atoms with Crippen molar-refractivity contribution in [1.82, 2.24) is 0 Å². The molecule has 0 aromatic rings. The van der Waals surface area contributed by atoms with Crippen molar-refractivity contribution in [2.45, 2.75) is 84.5 Å². The molecule has 0 aliphatic rings. The van der Waals surface area contributed by atoms with Crippen LogP contribution >= 0.6 is 0 Å². The van der Waals surface area contributed by atoms with Crippen LogP contribution in [0.5, 0.6) is 0 Å². The Kier molecular flexibility index (Phi) is 26.6. The van der Waals surface area contributed by atoms with E-state index in [-0.39, 0.29) is 36.7 Å². The van der Waals surface area contributed by atoms with Crippen molar-refractivity contribution < 1.29 is 44.0 Å². The zero-order valence-electron chi connectivity index (χ0n) is 15.4. The van der Waals surface area contributed by atoms with Gasteiger partial charge in [0, 0.05) is 0 Å². The summed E-state index contributed by atoms with van der Waals surface area (Å²) >= 11 is 0. The predicted molar refractivity (Wildman–Crippen MR) is 88.7 cm³/mol. The van der Waals surface area contributed by atoms with Crippen molar-refractivity contribution in [3.63, 3.8) is 0 Å². The quantitative estimate of drug-likeness (QED) is 0.320. The van der Waals surface area contributed by atoms with Gasteiger partial charge in [-0.25, -0.2) is 0 Å². The molecule has 21 heavy (non-hydrogen) atoms. The maximum Gasteiger partial charge on any atom is 1.00 e. The molecular formula is C15H36NNaO3S. The second-order valence-electron chi connectivity index (χ2n) is 5.26. The van der Waals surface area contributed by atoms with Crippen LogP contribution in [-0.2, 0) is 10.1 Å². The van der Waals surface area contributed by atoms with E-state index in [0.29, 0.717) is 6.42 Å². The van der Waals surface area contributed by atoms with Gasteiger partial charge in [-0.2, -0.15) is 8.42 Å². The molecule has 6 heteroatoms. The molecule has 0 saturated carbocycles. The van der Waals surface area contributed by atoms with Crippen LogP contribution in [0, 0.1) is 0 Å². The standard InChI is InChI=1S/C12H27N.C3H8O3S.Na.H/c1-2-3-4-5-6-7-8-9-10-11-12-13;1-2-3-7(4,5)6;;/h2-13H2,1H3;2-3H2,1H3,(H,4,5,6);;/q;;+1;-1. The van der Waals surface area contributed by atoms with Crippen LogP contribution < -0.4 is 35.3 Å². The molecule has 0 spiro atoms. The predicted octanol–water partition coefficient (Wildman–Crippen LogP) is 1.27. The zero-order valence-corrected chi connectivity index (χ0v) is 17.3. The topological polar surface area (TPSA) is 80.4 Å². The van der Waals surface area contributed by atoms with Crippen LogP contribution in [0.2, 0.25) is 0 Å². The average Bonchev–Trinajstić information content (AvgIpc) is 2.36.